The molecule has 1 saturated carbocycles. The first-order chi connectivity index (χ1) is 13.8. The van der Waals surface area contributed by atoms with Crippen LogP contribution in [0.25, 0.3) is 11.0 Å². The summed E-state index contributed by atoms with van der Waals surface area (Å²) in [4.78, 5) is 44.8. The second-order valence-corrected chi connectivity index (χ2v) is 8.49. The molecule has 0 spiro atoms. The van der Waals surface area contributed by atoms with Gasteiger partial charge in [-0.2, -0.15) is 0 Å². The van der Waals surface area contributed by atoms with Crippen LogP contribution in [0.15, 0.2) is 15.7 Å². The van der Waals surface area contributed by atoms with Crippen molar-refractivity contribution in [1.82, 2.24) is 19.9 Å². The molecule has 2 heterocycles. The molecule has 8 nitrogen and oxygen atoms in total. The number of hydrogen-bond acceptors (Lipinski definition) is 5. The molecule has 0 unspecified atom stereocenters. The molecular weight excluding hydrogens is 372 g/mol. The lowest BCUT2D eigenvalue weighted by Crippen LogP contribution is -2.35. The number of carbonyl (C=O) groups excluding carboxylic acids is 1. The highest BCUT2D eigenvalue weighted by atomic mass is 16.5. The van der Waals surface area contributed by atoms with Gasteiger partial charge in [0.15, 0.2) is 5.65 Å². The zero-order valence-corrected chi connectivity index (χ0v) is 17.6. The number of carbonyl (C=O) groups is 1. The van der Waals surface area contributed by atoms with Gasteiger partial charge in [0.25, 0.3) is 11.5 Å². The van der Waals surface area contributed by atoms with Crippen molar-refractivity contribution < 1.29 is 9.53 Å². The Kier molecular flexibility index (Phi) is 6.52. The van der Waals surface area contributed by atoms with Crippen LogP contribution in [0.3, 0.4) is 0 Å². The maximum absolute atomic E-state index is 12.9. The lowest BCUT2D eigenvalue weighted by atomic mass is 10.0. The van der Waals surface area contributed by atoms with Crippen LogP contribution in [-0.4, -0.2) is 40.2 Å². The lowest BCUT2D eigenvalue weighted by molar-refractivity contribution is 0.0908. The van der Waals surface area contributed by atoms with E-state index in [1.807, 2.05) is 27.7 Å². The monoisotopic (exact) mass is 402 g/mol. The molecule has 3 rings (SSSR count). The van der Waals surface area contributed by atoms with Gasteiger partial charge in [-0.05, 0) is 36.7 Å². The van der Waals surface area contributed by atoms with Crippen molar-refractivity contribution in [3.8, 4) is 0 Å². The van der Waals surface area contributed by atoms with Crippen molar-refractivity contribution in [3.63, 3.8) is 0 Å². The van der Waals surface area contributed by atoms with Crippen molar-refractivity contribution in [2.75, 3.05) is 19.8 Å². The number of ether oxygens (including phenoxy) is 1. The van der Waals surface area contributed by atoms with E-state index in [0.717, 1.165) is 6.61 Å². The molecule has 1 aliphatic carbocycles. The van der Waals surface area contributed by atoms with Crippen LogP contribution in [0.4, 0.5) is 0 Å². The molecule has 0 radical (unpaired) electrons. The molecule has 0 atom stereocenters. The van der Waals surface area contributed by atoms with E-state index in [1.54, 1.807) is 6.07 Å². The van der Waals surface area contributed by atoms with E-state index < -0.39 is 11.2 Å². The number of nitrogens with one attached hydrogen (secondary N) is 2. The summed E-state index contributed by atoms with van der Waals surface area (Å²) in [6, 6.07) is 1.65. The quantitative estimate of drug-likeness (QED) is 0.624. The molecule has 2 aromatic rings. The fourth-order valence-electron chi connectivity index (χ4n) is 3.17. The number of hydrogen-bond donors (Lipinski definition) is 2. The third kappa shape index (κ3) is 5.12. The number of pyridine rings is 1. The van der Waals surface area contributed by atoms with Crippen molar-refractivity contribution in [1.29, 1.82) is 0 Å². The van der Waals surface area contributed by atoms with Gasteiger partial charge in [0, 0.05) is 25.4 Å². The van der Waals surface area contributed by atoms with Crippen LogP contribution < -0.4 is 16.6 Å². The Hall–Kier alpha value is -2.48. The molecule has 2 aromatic heterocycles. The molecule has 29 heavy (non-hydrogen) atoms. The highest BCUT2D eigenvalue weighted by Gasteiger charge is 2.22. The average molecular weight is 402 g/mol. The maximum atomic E-state index is 12.9. The predicted octanol–water partition coefficient (Wildman–Crippen LogP) is 2.02. The number of fused-ring (bicyclic) bond motifs is 1. The van der Waals surface area contributed by atoms with Crippen LogP contribution in [0.1, 0.15) is 62.5 Å². The van der Waals surface area contributed by atoms with Crippen molar-refractivity contribution in [3.05, 3.63) is 38.2 Å². The van der Waals surface area contributed by atoms with Gasteiger partial charge >= 0.3 is 5.69 Å². The minimum absolute atomic E-state index is 0.0368. The summed E-state index contributed by atoms with van der Waals surface area (Å²) in [6.45, 7) is 9.78. The van der Waals surface area contributed by atoms with Crippen molar-refractivity contribution in [2.24, 2.45) is 11.8 Å². The average Bonchev–Trinajstić information content (AvgIpc) is 3.47. The van der Waals surface area contributed by atoms with Crippen LogP contribution in [0.5, 0.6) is 0 Å². The summed E-state index contributed by atoms with van der Waals surface area (Å²) >= 11 is 0. The van der Waals surface area contributed by atoms with Crippen molar-refractivity contribution in [2.45, 2.75) is 53.0 Å². The van der Waals surface area contributed by atoms with Crippen LogP contribution >= 0.6 is 0 Å². The summed E-state index contributed by atoms with van der Waals surface area (Å²) in [5.74, 6) is 0.510. The Morgan fingerprint density at radius 2 is 2.03 bits per heavy atom. The van der Waals surface area contributed by atoms with E-state index in [-0.39, 0.29) is 34.3 Å². The minimum Gasteiger partial charge on any atom is -0.379 e. The molecule has 0 saturated heterocycles. The largest absolute Gasteiger partial charge is 0.379 e. The van der Waals surface area contributed by atoms with Gasteiger partial charge in [-0.3, -0.25) is 19.1 Å². The topological polar surface area (TPSA) is 106 Å². The summed E-state index contributed by atoms with van der Waals surface area (Å²) in [5.41, 5.74) is 0.0518. The molecule has 1 aliphatic rings. The molecule has 0 aliphatic heterocycles. The molecule has 0 bridgehead atoms. The van der Waals surface area contributed by atoms with E-state index in [4.69, 9.17) is 4.74 Å². The third-order valence-corrected chi connectivity index (χ3v) is 4.93. The number of aromatic nitrogens is 3. The van der Waals surface area contributed by atoms with Gasteiger partial charge in [-0.1, -0.05) is 27.7 Å². The van der Waals surface area contributed by atoms with Gasteiger partial charge in [-0.25, -0.2) is 9.78 Å². The molecule has 1 fully saturated rings. The zero-order valence-electron chi connectivity index (χ0n) is 17.6. The Labute approximate surface area is 169 Å². The smallest absolute Gasteiger partial charge is 0.330 e. The molecule has 2 N–H and O–H groups in total. The Bertz CT molecular complexity index is 1000. The van der Waals surface area contributed by atoms with Crippen LogP contribution in [0, 0.1) is 11.8 Å². The lowest BCUT2D eigenvalue weighted by Gasteiger charge is -2.16. The van der Waals surface area contributed by atoms with Gasteiger partial charge in [0.2, 0.25) is 0 Å². The van der Waals surface area contributed by atoms with E-state index >= 15 is 0 Å². The molecular formula is C21H30N4O4. The van der Waals surface area contributed by atoms with E-state index in [9.17, 15) is 14.4 Å². The van der Waals surface area contributed by atoms with Crippen molar-refractivity contribution >= 4 is 16.9 Å². The Morgan fingerprint density at radius 1 is 1.31 bits per heavy atom. The number of H-pyrrole nitrogens is 1. The predicted molar refractivity (Wildman–Crippen MR) is 111 cm³/mol. The first-order valence-corrected chi connectivity index (χ1v) is 10.3. The maximum Gasteiger partial charge on any atom is 0.330 e. The zero-order chi connectivity index (χ0) is 21.1. The second-order valence-electron chi connectivity index (χ2n) is 8.49. The fraction of sp³-hybridized carbons (Fsp3) is 0.619. The van der Waals surface area contributed by atoms with E-state index in [0.29, 0.717) is 31.3 Å². The first-order valence-electron chi connectivity index (χ1n) is 10.3. The minimum atomic E-state index is -0.594. The van der Waals surface area contributed by atoms with Gasteiger partial charge in [0.05, 0.1) is 17.6 Å². The molecule has 0 aromatic carbocycles. The molecule has 1 amide bonds. The number of rotatable bonds is 9. The van der Waals surface area contributed by atoms with Gasteiger partial charge in [-0.15, -0.1) is 0 Å². The molecule has 8 heteroatoms. The van der Waals surface area contributed by atoms with Gasteiger partial charge in [0.1, 0.15) is 0 Å². The highest BCUT2D eigenvalue weighted by molar-refractivity contribution is 6.05. The normalized spacial score (nSPS) is 14.1. The number of aromatic amines is 1. The van der Waals surface area contributed by atoms with Crippen LogP contribution in [-0.2, 0) is 11.3 Å². The van der Waals surface area contributed by atoms with E-state index in [1.165, 1.54) is 17.4 Å². The Balaban J connectivity index is 1.96. The highest BCUT2D eigenvalue weighted by Crippen LogP contribution is 2.28. The fourth-order valence-corrected chi connectivity index (χ4v) is 3.17. The second kappa shape index (κ2) is 8.90. The number of amides is 1. The SMILES string of the molecule is CC(C)Cn1c(=O)[nH]c(=O)c2c(C(=O)NCCOCC3CC3)cc(C(C)C)nc21. The summed E-state index contributed by atoms with van der Waals surface area (Å²) in [6.07, 6.45) is 2.43. The summed E-state index contributed by atoms with van der Waals surface area (Å²) < 4.78 is 7.00. The van der Waals surface area contributed by atoms with E-state index in [2.05, 4.69) is 15.3 Å². The molecule has 158 valence electrons. The summed E-state index contributed by atoms with van der Waals surface area (Å²) in [7, 11) is 0. The standard InChI is InChI=1S/C21H30N4O4/c1-12(2)10-25-18-17(20(27)24-21(25)28)15(9-16(23-18)13(3)4)19(26)22-7-8-29-11-14-5-6-14/h9,12-14H,5-8,10-11H2,1-4H3,(H,22,26)(H,24,27,28). The first kappa shape index (κ1) is 21.2. The summed E-state index contributed by atoms with van der Waals surface area (Å²) in [5, 5.41) is 2.97. The number of nitrogens with zero attached hydrogens (tertiary/aromatic N) is 2. The van der Waals surface area contributed by atoms with Gasteiger partial charge < -0.3 is 10.1 Å². The van der Waals surface area contributed by atoms with Crippen LogP contribution in [0.2, 0.25) is 0 Å². The third-order valence-electron chi connectivity index (χ3n) is 4.93. The Morgan fingerprint density at radius 3 is 2.66 bits per heavy atom.